The molecule has 2 N–H and O–H groups in total. The van der Waals surface area contributed by atoms with Crippen molar-refractivity contribution in [2.75, 3.05) is 13.7 Å². The molecule has 0 spiro atoms. The standard InChI is InChI=1S/C7H16O4/c1-4-11-7(2,9)5-6(8)10-3/h6,8-9H,4-5H2,1-3H3. The fraction of sp³-hybridized carbons (Fsp3) is 1.00. The molecule has 0 heterocycles. The van der Waals surface area contributed by atoms with E-state index >= 15 is 0 Å². The maximum Gasteiger partial charge on any atom is 0.167 e. The largest absolute Gasteiger partial charge is 0.368 e. The second-order valence-electron chi connectivity index (χ2n) is 2.50. The number of aliphatic hydroxyl groups excluding tert-OH is 1. The Labute approximate surface area is 66.7 Å². The molecule has 0 aromatic carbocycles. The van der Waals surface area contributed by atoms with Gasteiger partial charge in [-0.15, -0.1) is 0 Å². The second-order valence-corrected chi connectivity index (χ2v) is 2.50. The van der Waals surface area contributed by atoms with E-state index in [1.54, 1.807) is 6.92 Å². The van der Waals surface area contributed by atoms with Crippen LogP contribution in [0.2, 0.25) is 0 Å². The van der Waals surface area contributed by atoms with Crippen LogP contribution in [-0.4, -0.2) is 36.0 Å². The summed E-state index contributed by atoms with van der Waals surface area (Å²) in [6.45, 7) is 3.66. The van der Waals surface area contributed by atoms with Gasteiger partial charge < -0.3 is 19.7 Å². The van der Waals surface area contributed by atoms with E-state index in [0.717, 1.165) is 0 Å². The van der Waals surface area contributed by atoms with Gasteiger partial charge in [0.15, 0.2) is 12.1 Å². The summed E-state index contributed by atoms with van der Waals surface area (Å²) in [5.41, 5.74) is 0. The molecular weight excluding hydrogens is 148 g/mol. The molecule has 0 rings (SSSR count). The topological polar surface area (TPSA) is 58.9 Å². The van der Waals surface area contributed by atoms with Crippen LogP contribution in [0.25, 0.3) is 0 Å². The van der Waals surface area contributed by atoms with Gasteiger partial charge in [-0.1, -0.05) is 0 Å². The zero-order valence-corrected chi connectivity index (χ0v) is 7.20. The average Bonchev–Trinajstić information content (AvgIpc) is 1.86. The molecule has 0 fully saturated rings. The quantitative estimate of drug-likeness (QED) is 0.565. The van der Waals surface area contributed by atoms with Crippen molar-refractivity contribution in [3.8, 4) is 0 Å². The summed E-state index contributed by atoms with van der Waals surface area (Å²) in [7, 11) is 1.37. The first-order chi connectivity index (χ1) is 5.02. The van der Waals surface area contributed by atoms with Crippen LogP contribution in [0.4, 0.5) is 0 Å². The third kappa shape index (κ3) is 5.15. The molecule has 4 heteroatoms. The van der Waals surface area contributed by atoms with Crippen LogP contribution < -0.4 is 0 Å². The Kier molecular flexibility index (Phi) is 4.60. The summed E-state index contributed by atoms with van der Waals surface area (Å²) in [6.07, 6.45) is -0.923. The lowest BCUT2D eigenvalue weighted by Gasteiger charge is -2.24. The zero-order valence-electron chi connectivity index (χ0n) is 7.20. The molecule has 0 bridgehead atoms. The maximum atomic E-state index is 9.35. The van der Waals surface area contributed by atoms with Crippen molar-refractivity contribution in [1.82, 2.24) is 0 Å². The van der Waals surface area contributed by atoms with E-state index in [1.807, 2.05) is 0 Å². The number of ether oxygens (including phenoxy) is 2. The van der Waals surface area contributed by atoms with Crippen molar-refractivity contribution in [2.45, 2.75) is 32.3 Å². The molecule has 0 aromatic heterocycles. The molecule has 0 aliphatic rings. The van der Waals surface area contributed by atoms with Crippen molar-refractivity contribution >= 4 is 0 Å². The third-order valence-electron chi connectivity index (χ3n) is 1.28. The fourth-order valence-corrected chi connectivity index (χ4v) is 0.777. The van der Waals surface area contributed by atoms with Gasteiger partial charge in [-0.25, -0.2) is 0 Å². The molecule has 0 aliphatic carbocycles. The van der Waals surface area contributed by atoms with Crippen LogP contribution >= 0.6 is 0 Å². The highest BCUT2D eigenvalue weighted by atomic mass is 16.6. The average molecular weight is 164 g/mol. The van der Waals surface area contributed by atoms with Crippen LogP contribution in [0.1, 0.15) is 20.3 Å². The predicted molar refractivity (Wildman–Crippen MR) is 39.9 cm³/mol. The van der Waals surface area contributed by atoms with Gasteiger partial charge in [0.05, 0.1) is 6.42 Å². The molecule has 0 radical (unpaired) electrons. The molecule has 68 valence electrons. The summed E-state index contributed by atoms with van der Waals surface area (Å²) in [6, 6.07) is 0. The summed E-state index contributed by atoms with van der Waals surface area (Å²) in [5.74, 6) is -1.30. The molecule has 0 saturated carbocycles. The van der Waals surface area contributed by atoms with E-state index in [0.29, 0.717) is 6.61 Å². The van der Waals surface area contributed by atoms with Crippen LogP contribution in [0, 0.1) is 0 Å². The first kappa shape index (κ1) is 10.8. The molecule has 2 unspecified atom stereocenters. The number of aliphatic hydroxyl groups is 2. The molecule has 2 atom stereocenters. The monoisotopic (exact) mass is 164 g/mol. The third-order valence-corrected chi connectivity index (χ3v) is 1.28. The second kappa shape index (κ2) is 4.66. The van der Waals surface area contributed by atoms with Gasteiger partial charge in [0.1, 0.15) is 0 Å². The van der Waals surface area contributed by atoms with E-state index in [2.05, 4.69) is 4.74 Å². The highest BCUT2D eigenvalue weighted by Crippen LogP contribution is 2.13. The zero-order chi connectivity index (χ0) is 8.91. The highest BCUT2D eigenvalue weighted by molar-refractivity contribution is 4.60. The van der Waals surface area contributed by atoms with E-state index in [-0.39, 0.29) is 6.42 Å². The van der Waals surface area contributed by atoms with Gasteiger partial charge in [-0.05, 0) is 13.8 Å². The smallest absolute Gasteiger partial charge is 0.167 e. The molecule has 0 saturated heterocycles. The van der Waals surface area contributed by atoms with Gasteiger partial charge >= 0.3 is 0 Å². The summed E-state index contributed by atoms with van der Waals surface area (Å²) >= 11 is 0. The van der Waals surface area contributed by atoms with Gasteiger partial charge in [-0.3, -0.25) is 0 Å². The van der Waals surface area contributed by atoms with Crippen LogP contribution in [0.5, 0.6) is 0 Å². The normalized spacial score (nSPS) is 19.4. The lowest BCUT2D eigenvalue weighted by Crippen LogP contribution is -2.33. The van der Waals surface area contributed by atoms with E-state index in [9.17, 15) is 5.11 Å². The van der Waals surface area contributed by atoms with E-state index in [4.69, 9.17) is 9.84 Å². The number of hydrogen-bond donors (Lipinski definition) is 2. The first-order valence-corrected chi connectivity index (χ1v) is 3.59. The number of hydrogen-bond acceptors (Lipinski definition) is 4. The molecule has 0 aromatic rings. The Hall–Kier alpha value is -0.160. The lowest BCUT2D eigenvalue weighted by atomic mass is 10.2. The Bertz CT molecular complexity index is 103. The van der Waals surface area contributed by atoms with Gasteiger partial charge in [-0.2, -0.15) is 0 Å². The van der Waals surface area contributed by atoms with Crippen molar-refractivity contribution in [3.05, 3.63) is 0 Å². The summed E-state index contributed by atoms with van der Waals surface area (Å²) in [5, 5.41) is 18.3. The van der Waals surface area contributed by atoms with Crippen LogP contribution in [0.3, 0.4) is 0 Å². The fourth-order valence-electron chi connectivity index (χ4n) is 0.777. The molecule has 0 amide bonds. The minimum absolute atomic E-state index is 0.0529. The molecular formula is C7H16O4. The van der Waals surface area contributed by atoms with Gasteiger partial charge in [0.25, 0.3) is 0 Å². The van der Waals surface area contributed by atoms with Crippen LogP contribution in [0.15, 0.2) is 0 Å². The molecule has 11 heavy (non-hydrogen) atoms. The SMILES string of the molecule is CCOC(C)(O)CC(O)OC. The molecule has 4 nitrogen and oxygen atoms in total. The van der Waals surface area contributed by atoms with E-state index in [1.165, 1.54) is 14.0 Å². The van der Waals surface area contributed by atoms with Crippen molar-refractivity contribution in [3.63, 3.8) is 0 Å². The predicted octanol–water partition coefficient (Wildman–Crippen LogP) is 0.0863. The minimum atomic E-state index is -1.30. The summed E-state index contributed by atoms with van der Waals surface area (Å²) in [4.78, 5) is 0. The highest BCUT2D eigenvalue weighted by Gasteiger charge is 2.24. The Balaban J connectivity index is 3.70. The van der Waals surface area contributed by atoms with Gasteiger partial charge in [0, 0.05) is 13.7 Å². The lowest BCUT2D eigenvalue weighted by molar-refractivity contribution is -0.229. The van der Waals surface area contributed by atoms with Crippen molar-refractivity contribution < 1.29 is 19.7 Å². The number of rotatable bonds is 5. The Morgan fingerprint density at radius 3 is 2.45 bits per heavy atom. The first-order valence-electron chi connectivity index (χ1n) is 3.59. The Morgan fingerprint density at radius 1 is 1.55 bits per heavy atom. The van der Waals surface area contributed by atoms with Crippen molar-refractivity contribution in [1.29, 1.82) is 0 Å². The van der Waals surface area contributed by atoms with Gasteiger partial charge in [0.2, 0.25) is 0 Å². The minimum Gasteiger partial charge on any atom is -0.368 e. The van der Waals surface area contributed by atoms with Crippen LogP contribution in [-0.2, 0) is 9.47 Å². The van der Waals surface area contributed by atoms with E-state index < -0.39 is 12.1 Å². The number of methoxy groups -OCH3 is 1. The maximum absolute atomic E-state index is 9.35. The summed E-state index contributed by atoms with van der Waals surface area (Å²) < 4.78 is 9.47. The van der Waals surface area contributed by atoms with Crippen molar-refractivity contribution in [2.24, 2.45) is 0 Å². The Morgan fingerprint density at radius 2 is 2.09 bits per heavy atom. The molecule has 0 aliphatic heterocycles.